The zero-order valence-corrected chi connectivity index (χ0v) is 11.2. The number of nitrogens with zero attached hydrogens (tertiary/aromatic N) is 2. The molecule has 2 rings (SSSR count). The zero-order chi connectivity index (χ0) is 13.0. The Labute approximate surface area is 111 Å². The molecule has 0 radical (unpaired) electrons. The van der Waals surface area contributed by atoms with E-state index in [4.69, 9.17) is 16.1 Å². The lowest BCUT2D eigenvalue weighted by molar-refractivity contribution is 0.369. The van der Waals surface area contributed by atoms with Gasteiger partial charge in [-0.25, -0.2) is 0 Å². The van der Waals surface area contributed by atoms with E-state index in [0.717, 1.165) is 18.4 Å². The molecule has 1 atom stereocenters. The molecule has 1 heterocycles. The SMILES string of the molecule is CNC(C)CCc1nc(-c2ccc(Cl)cc2)no1. The van der Waals surface area contributed by atoms with Crippen molar-refractivity contribution in [2.24, 2.45) is 0 Å². The predicted molar refractivity (Wildman–Crippen MR) is 71.6 cm³/mol. The summed E-state index contributed by atoms with van der Waals surface area (Å²) >= 11 is 5.83. The first-order valence-corrected chi connectivity index (χ1v) is 6.32. The van der Waals surface area contributed by atoms with Gasteiger partial charge in [-0.2, -0.15) is 4.98 Å². The Balaban J connectivity index is 2.03. The molecule has 0 aliphatic heterocycles. The van der Waals surface area contributed by atoms with Gasteiger partial charge in [0.25, 0.3) is 0 Å². The first-order chi connectivity index (χ1) is 8.69. The third kappa shape index (κ3) is 3.31. The van der Waals surface area contributed by atoms with E-state index < -0.39 is 0 Å². The van der Waals surface area contributed by atoms with Crippen LogP contribution in [0, 0.1) is 0 Å². The number of benzene rings is 1. The Morgan fingerprint density at radius 2 is 2.06 bits per heavy atom. The maximum Gasteiger partial charge on any atom is 0.227 e. The molecule has 0 amide bonds. The molecular weight excluding hydrogens is 250 g/mol. The molecule has 1 aromatic carbocycles. The maximum atomic E-state index is 5.83. The monoisotopic (exact) mass is 265 g/mol. The van der Waals surface area contributed by atoms with E-state index in [0.29, 0.717) is 22.8 Å². The number of nitrogens with one attached hydrogen (secondary N) is 1. The van der Waals surface area contributed by atoms with Crippen LogP contribution in [0.5, 0.6) is 0 Å². The molecule has 1 N–H and O–H groups in total. The number of halogens is 1. The number of aromatic nitrogens is 2. The molecular formula is C13H16ClN3O. The Bertz CT molecular complexity index is 495. The molecule has 0 saturated carbocycles. The normalized spacial score (nSPS) is 12.6. The van der Waals surface area contributed by atoms with Crippen LogP contribution in [-0.2, 0) is 6.42 Å². The van der Waals surface area contributed by atoms with Crippen LogP contribution in [0.25, 0.3) is 11.4 Å². The van der Waals surface area contributed by atoms with Gasteiger partial charge in [0.1, 0.15) is 0 Å². The van der Waals surface area contributed by atoms with E-state index in [9.17, 15) is 0 Å². The third-order valence-electron chi connectivity index (χ3n) is 2.85. The molecule has 0 fully saturated rings. The molecule has 96 valence electrons. The zero-order valence-electron chi connectivity index (χ0n) is 10.5. The van der Waals surface area contributed by atoms with Crippen LogP contribution in [0.1, 0.15) is 19.2 Å². The highest BCUT2D eigenvalue weighted by atomic mass is 35.5. The summed E-state index contributed by atoms with van der Waals surface area (Å²) in [6.45, 7) is 2.12. The molecule has 0 aliphatic carbocycles. The van der Waals surface area contributed by atoms with Gasteiger partial charge >= 0.3 is 0 Å². The standard InChI is InChI=1S/C13H16ClN3O/c1-9(15-2)3-8-12-16-13(17-18-12)10-4-6-11(14)7-5-10/h4-7,9,15H,3,8H2,1-2H3. The maximum absolute atomic E-state index is 5.83. The fraction of sp³-hybridized carbons (Fsp3) is 0.385. The fourth-order valence-electron chi connectivity index (χ4n) is 1.56. The summed E-state index contributed by atoms with van der Waals surface area (Å²) in [5, 5.41) is 7.85. The van der Waals surface area contributed by atoms with Gasteiger partial charge in [0.05, 0.1) is 0 Å². The van der Waals surface area contributed by atoms with Gasteiger partial charge in [-0.05, 0) is 44.7 Å². The molecule has 0 bridgehead atoms. The molecule has 18 heavy (non-hydrogen) atoms. The highest BCUT2D eigenvalue weighted by Crippen LogP contribution is 2.19. The van der Waals surface area contributed by atoms with Gasteiger partial charge in [0.2, 0.25) is 11.7 Å². The molecule has 0 saturated heterocycles. The summed E-state index contributed by atoms with van der Waals surface area (Å²) < 4.78 is 5.22. The van der Waals surface area contributed by atoms with Crippen LogP contribution < -0.4 is 5.32 Å². The van der Waals surface area contributed by atoms with Crippen molar-refractivity contribution in [3.05, 3.63) is 35.2 Å². The lowest BCUT2D eigenvalue weighted by atomic mass is 10.2. The van der Waals surface area contributed by atoms with Gasteiger partial charge in [0.15, 0.2) is 0 Å². The van der Waals surface area contributed by atoms with Gasteiger partial charge in [-0.3, -0.25) is 0 Å². The summed E-state index contributed by atoms with van der Waals surface area (Å²) in [7, 11) is 1.94. The number of rotatable bonds is 5. The third-order valence-corrected chi connectivity index (χ3v) is 3.11. The van der Waals surface area contributed by atoms with Crippen molar-refractivity contribution in [1.29, 1.82) is 0 Å². The molecule has 0 aliphatic rings. The predicted octanol–water partition coefficient (Wildman–Crippen LogP) is 2.93. The first kappa shape index (κ1) is 13.1. The van der Waals surface area contributed by atoms with Gasteiger partial charge < -0.3 is 9.84 Å². The lowest BCUT2D eigenvalue weighted by Gasteiger charge is -2.06. The van der Waals surface area contributed by atoms with E-state index in [1.165, 1.54) is 0 Å². The summed E-state index contributed by atoms with van der Waals surface area (Å²) in [5.41, 5.74) is 0.913. The van der Waals surface area contributed by atoms with E-state index >= 15 is 0 Å². The summed E-state index contributed by atoms with van der Waals surface area (Å²) in [6, 6.07) is 7.84. The Morgan fingerprint density at radius 1 is 1.33 bits per heavy atom. The lowest BCUT2D eigenvalue weighted by Crippen LogP contribution is -2.21. The van der Waals surface area contributed by atoms with Crippen LogP contribution in [0.2, 0.25) is 5.02 Å². The van der Waals surface area contributed by atoms with Gasteiger partial charge in [-0.1, -0.05) is 16.8 Å². The highest BCUT2D eigenvalue weighted by Gasteiger charge is 2.09. The topological polar surface area (TPSA) is 51.0 Å². The van der Waals surface area contributed by atoms with Crippen molar-refractivity contribution in [1.82, 2.24) is 15.5 Å². The Kier molecular flexibility index (Phi) is 4.33. The van der Waals surface area contributed by atoms with Crippen molar-refractivity contribution in [3.63, 3.8) is 0 Å². The second-order valence-electron chi connectivity index (χ2n) is 4.25. The second kappa shape index (κ2) is 5.98. The van der Waals surface area contributed by atoms with Crippen molar-refractivity contribution in [2.75, 3.05) is 7.05 Å². The quantitative estimate of drug-likeness (QED) is 0.903. The smallest absolute Gasteiger partial charge is 0.227 e. The minimum atomic E-state index is 0.441. The fourth-order valence-corrected chi connectivity index (χ4v) is 1.68. The largest absolute Gasteiger partial charge is 0.339 e. The second-order valence-corrected chi connectivity index (χ2v) is 4.68. The van der Waals surface area contributed by atoms with E-state index in [1.807, 2.05) is 31.3 Å². The molecule has 0 spiro atoms. The van der Waals surface area contributed by atoms with Gasteiger partial charge in [0, 0.05) is 23.0 Å². The van der Waals surface area contributed by atoms with Crippen LogP contribution >= 0.6 is 11.6 Å². The van der Waals surface area contributed by atoms with Gasteiger partial charge in [-0.15, -0.1) is 0 Å². The number of aryl methyl sites for hydroxylation is 1. The summed E-state index contributed by atoms with van der Waals surface area (Å²) in [4.78, 5) is 4.37. The van der Waals surface area contributed by atoms with Crippen molar-refractivity contribution < 1.29 is 4.52 Å². The van der Waals surface area contributed by atoms with E-state index in [2.05, 4.69) is 22.4 Å². The number of hydrogen-bond acceptors (Lipinski definition) is 4. The van der Waals surface area contributed by atoms with Crippen molar-refractivity contribution in [2.45, 2.75) is 25.8 Å². The molecule has 2 aromatic rings. The summed E-state index contributed by atoms with van der Waals surface area (Å²) in [6.07, 6.45) is 1.75. The Morgan fingerprint density at radius 3 is 2.72 bits per heavy atom. The van der Waals surface area contributed by atoms with Crippen LogP contribution in [0.4, 0.5) is 0 Å². The van der Waals surface area contributed by atoms with Crippen LogP contribution in [0.15, 0.2) is 28.8 Å². The average molecular weight is 266 g/mol. The molecule has 5 heteroatoms. The first-order valence-electron chi connectivity index (χ1n) is 5.95. The van der Waals surface area contributed by atoms with Crippen LogP contribution in [0.3, 0.4) is 0 Å². The van der Waals surface area contributed by atoms with E-state index in [1.54, 1.807) is 0 Å². The minimum Gasteiger partial charge on any atom is -0.339 e. The molecule has 1 aromatic heterocycles. The van der Waals surface area contributed by atoms with Crippen molar-refractivity contribution >= 4 is 11.6 Å². The molecule has 4 nitrogen and oxygen atoms in total. The number of hydrogen-bond donors (Lipinski definition) is 1. The van der Waals surface area contributed by atoms with Crippen molar-refractivity contribution in [3.8, 4) is 11.4 Å². The average Bonchev–Trinajstić information content (AvgIpc) is 2.85. The highest BCUT2D eigenvalue weighted by molar-refractivity contribution is 6.30. The summed E-state index contributed by atoms with van der Waals surface area (Å²) in [5.74, 6) is 1.28. The van der Waals surface area contributed by atoms with E-state index in [-0.39, 0.29) is 0 Å². The Hall–Kier alpha value is -1.39. The molecule has 1 unspecified atom stereocenters. The minimum absolute atomic E-state index is 0.441. The van der Waals surface area contributed by atoms with Crippen LogP contribution in [-0.4, -0.2) is 23.2 Å².